The molecule has 1 aromatic rings. The predicted molar refractivity (Wildman–Crippen MR) is 81.2 cm³/mol. The molecule has 0 amide bonds. The van der Waals surface area contributed by atoms with Gasteiger partial charge in [-0.1, -0.05) is 37.3 Å². The molecule has 0 heterocycles. The van der Waals surface area contributed by atoms with E-state index in [9.17, 15) is 0 Å². The number of nitrogens with two attached hydrogens (primary N) is 1. The Balaban J connectivity index is 2.56. The van der Waals surface area contributed by atoms with Crippen LogP contribution in [0.2, 0.25) is 0 Å². The SMILES string of the molecule is CCC(C(N)c1ccccc1)N(C)CCOC(C)C. The Bertz CT molecular complexity index is 340. The number of hydrogen-bond acceptors (Lipinski definition) is 3. The minimum Gasteiger partial charge on any atom is -0.377 e. The summed E-state index contributed by atoms with van der Waals surface area (Å²) in [5.74, 6) is 0. The van der Waals surface area contributed by atoms with Crippen LogP contribution < -0.4 is 5.73 Å². The molecule has 108 valence electrons. The number of hydrogen-bond donors (Lipinski definition) is 1. The molecule has 0 aromatic heterocycles. The van der Waals surface area contributed by atoms with Gasteiger partial charge in [0.05, 0.1) is 12.7 Å². The van der Waals surface area contributed by atoms with Gasteiger partial charge in [-0.2, -0.15) is 0 Å². The van der Waals surface area contributed by atoms with Gasteiger partial charge in [0, 0.05) is 18.6 Å². The molecule has 0 saturated heterocycles. The Morgan fingerprint density at radius 1 is 1.21 bits per heavy atom. The molecule has 0 radical (unpaired) electrons. The highest BCUT2D eigenvalue weighted by Crippen LogP contribution is 2.20. The molecule has 19 heavy (non-hydrogen) atoms. The molecule has 2 N–H and O–H groups in total. The Labute approximate surface area is 117 Å². The zero-order valence-corrected chi connectivity index (χ0v) is 12.7. The van der Waals surface area contributed by atoms with E-state index >= 15 is 0 Å². The molecule has 0 aliphatic rings. The molecule has 2 atom stereocenters. The number of benzene rings is 1. The number of nitrogens with zero attached hydrogens (tertiary/aromatic N) is 1. The van der Waals surface area contributed by atoms with Crippen LogP contribution in [0.5, 0.6) is 0 Å². The van der Waals surface area contributed by atoms with Gasteiger partial charge >= 0.3 is 0 Å². The van der Waals surface area contributed by atoms with Gasteiger partial charge in [0.25, 0.3) is 0 Å². The van der Waals surface area contributed by atoms with Gasteiger partial charge in [-0.15, -0.1) is 0 Å². The lowest BCUT2D eigenvalue weighted by Gasteiger charge is -2.32. The van der Waals surface area contributed by atoms with Crippen molar-refractivity contribution in [3.63, 3.8) is 0 Å². The van der Waals surface area contributed by atoms with Crippen molar-refractivity contribution in [3.8, 4) is 0 Å². The van der Waals surface area contributed by atoms with E-state index in [2.05, 4.69) is 44.9 Å². The summed E-state index contributed by atoms with van der Waals surface area (Å²) >= 11 is 0. The molecule has 0 spiro atoms. The second kappa shape index (κ2) is 8.31. The minimum absolute atomic E-state index is 0.0512. The second-order valence-corrected chi connectivity index (χ2v) is 5.31. The first kappa shape index (κ1) is 16.2. The Morgan fingerprint density at radius 3 is 2.37 bits per heavy atom. The standard InChI is InChI=1S/C16H28N2O/c1-5-15(18(4)11-12-19-13(2)3)16(17)14-9-7-6-8-10-14/h6-10,13,15-16H,5,11-12,17H2,1-4H3. The zero-order valence-electron chi connectivity index (χ0n) is 12.7. The van der Waals surface area contributed by atoms with Gasteiger partial charge in [0.1, 0.15) is 0 Å². The molecule has 1 aromatic carbocycles. The van der Waals surface area contributed by atoms with Crippen molar-refractivity contribution in [2.24, 2.45) is 5.73 Å². The summed E-state index contributed by atoms with van der Waals surface area (Å²) in [5, 5.41) is 0. The average Bonchev–Trinajstić information content (AvgIpc) is 2.40. The second-order valence-electron chi connectivity index (χ2n) is 5.31. The lowest BCUT2D eigenvalue weighted by molar-refractivity contribution is 0.0524. The maximum absolute atomic E-state index is 6.40. The number of likely N-dealkylation sites (N-methyl/N-ethyl adjacent to an activating group) is 1. The van der Waals surface area contributed by atoms with E-state index in [0.717, 1.165) is 19.6 Å². The van der Waals surface area contributed by atoms with Crippen LogP contribution in [0.1, 0.15) is 38.8 Å². The van der Waals surface area contributed by atoms with Crippen LogP contribution in [0.25, 0.3) is 0 Å². The fourth-order valence-corrected chi connectivity index (χ4v) is 2.34. The number of ether oxygens (including phenoxy) is 1. The van der Waals surface area contributed by atoms with Crippen LogP contribution >= 0.6 is 0 Å². The maximum Gasteiger partial charge on any atom is 0.0596 e. The van der Waals surface area contributed by atoms with Crippen molar-refractivity contribution in [1.82, 2.24) is 4.90 Å². The third-order valence-corrected chi connectivity index (χ3v) is 3.48. The summed E-state index contributed by atoms with van der Waals surface area (Å²) in [7, 11) is 2.13. The smallest absolute Gasteiger partial charge is 0.0596 e. The lowest BCUT2D eigenvalue weighted by Crippen LogP contribution is -2.41. The molecule has 2 unspecified atom stereocenters. The van der Waals surface area contributed by atoms with Crippen LogP contribution in [0.15, 0.2) is 30.3 Å². The summed E-state index contributed by atoms with van der Waals surface area (Å²) < 4.78 is 5.61. The van der Waals surface area contributed by atoms with Crippen LogP contribution in [-0.4, -0.2) is 37.2 Å². The third-order valence-electron chi connectivity index (χ3n) is 3.48. The van der Waals surface area contributed by atoms with Crippen LogP contribution in [0, 0.1) is 0 Å². The lowest BCUT2D eigenvalue weighted by atomic mass is 9.97. The van der Waals surface area contributed by atoms with E-state index in [0.29, 0.717) is 6.04 Å². The molecule has 3 heteroatoms. The molecule has 1 rings (SSSR count). The first-order chi connectivity index (χ1) is 9.06. The third kappa shape index (κ3) is 5.31. The summed E-state index contributed by atoms with van der Waals surface area (Å²) in [6.07, 6.45) is 1.32. The maximum atomic E-state index is 6.40. The van der Waals surface area contributed by atoms with E-state index in [-0.39, 0.29) is 12.1 Å². The highest BCUT2D eigenvalue weighted by atomic mass is 16.5. The zero-order chi connectivity index (χ0) is 14.3. The van der Waals surface area contributed by atoms with Gasteiger partial charge in [-0.05, 0) is 32.9 Å². The fraction of sp³-hybridized carbons (Fsp3) is 0.625. The summed E-state index contributed by atoms with van der Waals surface area (Å²) in [6.45, 7) is 7.98. The Kier molecular flexibility index (Phi) is 7.06. The van der Waals surface area contributed by atoms with Gasteiger partial charge in [0.15, 0.2) is 0 Å². The first-order valence-corrected chi connectivity index (χ1v) is 7.18. The predicted octanol–water partition coefficient (Wildman–Crippen LogP) is 2.82. The molecule has 0 fully saturated rings. The monoisotopic (exact) mass is 264 g/mol. The quantitative estimate of drug-likeness (QED) is 0.784. The molecular formula is C16H28N2O. The topological polar surface area (TPSA) is 38.5 Å². The van der Waals surface area contributed by atoms with Crippen LogP contribution in [0.4, 0.5) is 0 Å². The molecular weight excluding hydrogens is 236 g/mol. The summed E-state index contributed by atoms with van der Waals surface area (Å²) in [6, 6.07) is 10.7. The molecule has 0 saturated carbocycles. The van der Waals surface area contributed by atoms with Crippen molar-refractivity contribution in [2.45, 2.75) is 45.4 Å². The van der Waals surface area contributed by atoms with E-state index in [1.807, 2.05) is 18.2 Å². The Hall–Kier alpha value is -0.900. The fourth-order valence-electron chi connectivity index (χ4n) is 2.34. The highest BCUT2D eigenvalue weighted by molar-refractivity contribution is 5.20. The largest absolute Gasteiger partial charge is 0.377 e. The average molecular weight is 264 g/mol. The molecule has 3 nitrogen and oxygen atoms in total. The number of rotatable bonds is 8. The molecule has 0 aliphatic carbocycles. The van der Waals surface area contributed by atoms with E-state index in [4.69, 9.17) is 10.5 Å². The van der Waals surface area contributed by atoms with Crippen molar-refractivity contribution < 1.29 is 4.74 Å². The minimum atomic E-state index is 0.0512. The van der Waals surface area contributed by atoms with Crippen molar-refractivity contribution in [1.29, 1.82) is 0 Å². The van der Waals surface area contributed by atoms with E-state index < -0.39 is 0 Å². The summed E-state index contributed by atoms with van der Waals surface area (Å²) in [4.78, 5) is 2.31. The van der Waals surface area contributed by atoms with Crippen molar-refractivity contribution in [3.05, 3.63) is 35.9 Å². The van der Waals surface area contributed by atoms with Crippen molar-refractivity contribution in [2.75, 3.05) is 20.2 Å². The van der Waals surface area contributed by atoms with Gasteiger partial charge < -0.3 is 10.5 Å². The van der Waals surface area contributed by atoms with E-state index in [1.54, 1.807) is 0 Å². The molecule has 0 aliphatic heterocycles. The van der Waals surface area contributed by atoms with Gasteiger partial charge in [-0.3, -0.25) is 4.90 Å². The Morgan fingerprint density at radius 2 is 1.84 bits per heavy atom. The van der Waals surface area contributed by atoms with Crippen molar-refractivity contribution >= 4 is 0 Å². The van der Waals surface area contributed by atoms with Gasteiger partial charge in [0.2, 0.25) is 0 Å². The molecule has 0 bridgehead atoms. The summed E-state index contributed by atoms with van der Waals surface area (Å²) in [5.41, 5.74) is 7.60. The highest BCUT2D eigenvalue weighted by Gasteiger charge is 2.21. The first-order valence-electron chi connectivity index (χ1n) is 7.18. The van der Waals surface area contributed by atoms with E-state index in [1.165, 1.54) is 5.56 Å². The van der Waals surface area contributed by atoms with Crippen LogP contribution in [0.3, 0.4) is 0 Å². The van der Waals surface area contributed by atoms with Crippen LogP contribution in [-0.2, 0) is 4.74 Å². The van der Waals surface area contributed by atoms with Gasteiger partial charge in [-0.25, -0.2) is 0 Å². The normalized spacial score (nSPS) is 14.9.